The average Bonchev–Trinajstić information content (AvgIpc) is 1.58. The Hall–Kier alpha value is -10.3. The lowest BCUT2D eigenvalue weighted by Gasteiger charge is -2.28. The second-order valence-corrected chi connectivity index (χ2v) is 32.4. The van der Waals surface area contributed by atoms with Gasteiger partial charge in [0.2, 0.25) is 17.7 Å². The fraction of sp³-hybridized carbons (Fsp3) is 0.440. The van der Waals surface area contributed by atoms with Crippen molar-refractivity contribution < 1.29 is 94.2 Å². The Labute approximate surface area is 707 Å². The van der Waals surface area contributed by atoms with E-state index < -0.39 is 98.9 Å². The number of nitrogens with two attached hydrogens (primary N) is 1. The number of hydrogen-bond acceptors (Lipinski definition) is 20. The molecule has 2 aliphatic rings. The van der Waals surface area contributed by atoms with Gasteiger partial charge in [0.05, 0.1) is 128 Å². The van der Waals surface area contributed by atoms with Crippen LogP contribution in [-0.4, -0.2) is 210 Å². The van der Waals surface area contributed by atoms with Crippen LogP contribution in [0.3, 0.4) is 0 Å². The summed E-state index contributed by atoms with van der Waals surface area (Å²) in [5.74, 6) is -6.57. The maximum Gasteiger partial charge on any atom is 0.411 e. The second kappa shape index (κ2) is 48.8. The number of rotatable bonds is 33. The van der Waals surface area contributed by atoms with E-state index in [0.717, 1.165) is 38.6 Å². The Kier molecular flexibility index (Phi) is 38.1. The van der Waals surface area contributed by atoms with Gasteiger partial charge in [-0.1, -0.05) is 134 Å². The van der Waals surface area contributed by atoms with Gasteiger partial charge in [0.25, 0.3) is 5.91 Å². The first kappa shape index (κ1) is 93.6. The molecule has 0 aliphatic carbocycles. The Morgan fingerprint density at radius 2 is 1.18 bits per heavy atom. The van der Waals surface area contributed by atoms with Crippen LogP contribution in [0.1, 0.15) is 119 Å². The molecule has 2 aliphatic heterocycles. The highest BCUT2D eigenvalue weighted by Crippen LogP contribution is 2.45. The van der Waals surface area contributed by atoms with Gasteiger partial charge in [0.1, 0.15) is 12.4 Å². The molecular weight excluding hydrogens is 1580 g/mol. The van der Waals surface area contributed by atoms with Gasteiger partial charge < -0.3 is 74.1 Å². The summed E-state index contributed by atoms with van der Waals surface area (Å²) in [6.07, 6.45) is 2.21. The number of ether oxygens (including phenoxy) is 9. The monoisotopic (exact) mass is 1690 g/mol. The Morgan fingerprint density at radius 3 is 1.74 bits per heavy atom. The number of halogens is 1. The molecule has 7 aromatic carbocycles. The number of methoxy groups -OCH3 is 1. The van der Waals surface area contributed by atoms with E-state index in [-0.39, 0.29) is 138 Å². The third-order valence-electron chi connectivity index (χ3n) is 20.8. The van der Waals surface area contributed by atoms with Crippen molar-refractivity contribution in [3.05, 3.63) is 202 Å². The SMILES string of the molecule is COc1ccc(/C=C/C(=O)N2CC(CCl)c3c2cc(NC(=O)OCc2ccc(NC(=O)[C@H](CCCNC(N)=O)CC(=O)[C@@H](NC(=O)CC[C@H](CC(=O)c4ccc(C(=O)C(CCc5ccc(C)cc5)CS(=O)(=O)c5ccc(C)cc5)cc4)C(=O)N4CCOCCOCCOCCOCCOCCOCCOCC4)C(C)C)cc2)c2ccccc32)cc1. The molecule has 29 heteroatoms. The summed E-state index contributed by atoms with van der Waals surface area (Å²) in [5.41, 5.74) is 12.2. The van der Waals surface area contributed by atoms with Crippen LogP contribution in [-0.2, 0) is 84.7 Å². The van der Waals surface area contributed by atoms with Crippen LogP contribution in [0, 0.1) is 37.5 Å². The number of aryl methyl sites for hydroxylation is 3. The third kappa shape index (κ3) is 29.9. The van der Waals surface area contributed by atoms with Crippen molar-refractivity contribution in [1.82, 2.24) is 15.5 Å². The largest absolute Gasteiger partial charge is 0.497 e. The number of benzene rings is 7. The van der Waals surface area contributed by atoms with Crippen molar-refractivity contribution in [2.75, 3.05) is 153 Å². The molecule has 27 nitrogen and oxygen atoms in total. The zero-order valence-electron chi connectivity index (χ0n) is 69.0. The van der Waals surface area contributed by atoms with Crippen LogP contribution < -0.4 is 36.6 Å². The van der Waals surface area contributed by atoms with Crippen molar-refractivity contribution in [3.63, 3.8) is 0 Å². The molecule has 5 atom stereocenters. The predicted octanol–water partition coefficient (Wildman–Crippen LogP) is 12.2. The smallest absolute Gasteiger partial charge is 0.411 e. The van der Waals surface area contributed by atoms with Gasteiger partial charge in [0, 0.05) is 103 Å². The topological polar surface area (TPSA) is 351 Å². The molecule has 0 saturated carbocycles. The lowest BCUT2D eigenvalue weighted by Crippen LogP contribution is -2.46. The molecule has 0 aromatic heterocycles. The number of fused-ring (bicyclic) bond motifs is 3. The van der Waals surface area contributed by atoms with Crippen LogP contribution in [0.15, 0.2) is 163 Å². The summed E-state index contributed by atoms with van der Waals surface area (Å²) in [6, 6.07) is 41.4. The van der Waals surface area contributed by atoms with Gasteiger partial charge in [-0.25, -0.2) is 18.0 Å². The summed E-state index contributed by atoms with van der Waals surface area (Å²) in [7, 11) is -2.36. The number of amides is 7. The van der Waals surface area contributed by atoms with Gasteiger partial charge in [-0.15, -0.1) is 11.6 Å². The lowest BCUT2D eigenvalue weighted by atomic mass is 9.89. The molecule has 2 unspecified atom stereocenters. The molecule has 7 aromatic rings. The fourth-order valence-corrected chi connectivity index (χ4v) is 15.9. The number of primary amides is 1. The highest BCUT2D eigenvalue weighted by Gasteiger charge is 2.36. The van der Waals surface area contributed by atoms with Crippen LogP contribution in [0.2, 0.25) is 0 Å². The quantitative estimate of drug-likeness (QED) is 0.0110. The maximum absolute atomic E-state index is 15.2. The average molecular weight is 1690 g/mol. The molecule has 0 bridgehead atoms. The fourth-order valence-electron chi connectivity index (χ4n) is 14.1. The summed E-state index contributed by atoms with van der Waals surface area (Å²) >= 11 is 6.54. The zero-order valence-corrected chi connectivity index (χ0v) is 70.6. The van der Waals surface area contributed by atoms with E-state index in [1.54, 1.807) is 86.5 Å². The highest BCUT2D eigenvalue weighted by molar-refractivity contribution is 7.91. The van der Waals surface area contributed by atoms with Crippen molar-refractivity contribution in [1.29, 1.82) is 0 Å². The Morgan fingerprint density at radius 1 is 0.617 bits per heavy atom. The van der Waals surface area contributed by atoms with Crippen molar-refractivity contribution in [3.8, 4) is 5.75 Å². The van der Waals surface area contributed by atoms with Gasteiger partial charge in [-0.05, 0) is 128 Å². The summed E-state index contributed by atoms with van der Waals surface area (Å²) in [4.78, 5) is 130. The number of Topliss-reactive ketones (excluding diaryl/α,β-unsaturated/α-hetero) is 3. The number of carbonyl (C=O) groups is 9. The minimum atomic E-state index is -3.93. The zero-order chi connectivity index (χ0) is 85.8. The second-order valence-electron chi connectivity index (χ2n) is 30.0. The molecule has 1 saturated heterocycles. The molecule has 2 heterocycles. The molecule has 7 amide bonds. The van der Waals surface area contributed by atoms with E-state index in [0.29, 0.717) is 94.2 Å². The number of nitrogens with one attached hydrogen (secondary N) is 4. The molecule has 644 valence electrons. The van der Waals surface area contributed by atoms with Crippen LogP contribution in [0.4, 0.5) is 26.7 Å². The number of alkyl halides is 1. The van der Waals surface area contributed by atoms with E-state index in [9.17, 15) is 46.8 Å². The van der Waals surface area contributed by atoms with Gasteiger partial charge >= 0.3 is 12.1 Å². The van der Waals surface area contributed by atoms with E-state index in [1.807, 2.05) is 74.5 Å². The first-order valence-electron chi connectivity index (χ1n) is 40.8. The molecule has 0 spiro atoms. The molecule has 6 N–H and O–H groups in total. The van der Waals surface area contributed by atoms with Crippen molar-refractivity contribution in [2.45, 2.75) is 103 Å². The molecule has 0 radical (unpaired) electrons. The third-order valence-corrected chi connectivity index (χ3v) is 23.0. The van der Waals surface area contributed by atoms with Gasteiger partial charge in [0.15, 0.2) is 27.2 Å². The standard InChI is InChI=1S/C91H112ClN7O20S/c1-62(2)86(82(101)55-70(9-8-38-94-90(93)107)88(105)95-74-30-19-67(20-31-74)60-119-91(108)96-79-57-80-85(78-11-7-6-10-77(78)79)73(58-92)59-99(80)84(103)37-23-66-21-32-75(111-5)33-22-66)97-83(102)36-29-71(89(106)98-39-41-112-43-45-114-47-49-116-51-53-118-54-52-117-50-48-115-46-44-113-42-40-98)56-81(100)68-25-27-69(28-26-68)87(104)72(24-18-65-16-12-63(3)13-17-65)61-120(109,110)76-34-14-64(4)15-35-76/h6-7,10-17,19-23,25-28,30-35,37,57,62,70-73,86H,8-9,18,24,29,36,38-56,58-61H2,1-5H3,(H,95,105)(H,96,108)(H,97,102)(H3,93,94,107)/b37-23+/t70-,71-,72?,73?,86+/m1/s1. The Bertz CT molecular complexity index is 4640. The number of sulfone groups is 1. The normalized spacial score (nSPS) is 16.2. The van der Waals surface area contributed by atoms with Gasteiger partial charge in [-0.2, -0.15) is 0 Å². The minimum absolute atomic E-state index is 0.0567. The van der Waals surface area contributed by atoms with E-state index in [1.165, 1.54) is 47.4 Å². The van der Waals surface area contributed by atoms with Crippen molar-refractivity contribution >= 4 is 108 Å². The number of hydrogen-bond donors (Lipinski definition) is 5. The molecule has 120 heavy (non-hydrogen) atoms. The Balaban J connectivity index is 0.868. The number of urea groups is 1. The van der Waals surface area contributed by atoms with Crippen LogP contribution >= 0.6 is 11.6 Å². The minimum Gasteiger partial charge on any atom is -0.497 e. The number of ketones is 3. The highest BCUT2D eigenvalue weighted by atomic mass is 35.5. The first-order valence-corrected chi connectivity index (χ1v) is 43.0. The number of nitrogens with zero attached hydrogens (tertiary/aromatic N) is 2. The first-order chi connectivity index (χ1) is 58.0. The molecule has 1 fully saturated rings. The molecular formula is C91H112ClN7O20S. The number of carbonyl (C=O) groups excluding carboxylic acids is 9. The van der Waals surface area contributed by atoms with Crippen LogP contribution in [0.25, 0.3) is 16.8 Å². The lowest BCUT2D eigenvalue weighted by molar-refractivity contribution is -0.138. The summed E-state index contributed by atoms with van der Waals surface area (Å²) in [6.45, 7) is 11.5. The number of anilines is 3. The summed E-state index contributed by atoms with van der Waals surface area (Å²) < 4.78 is 79.0. The summed E-state index contributed by atoms with van der Waals surface area (Å²) in [5, 5.41) is 12.7. The molecule has 9 rings (SSSR count). The van der Waals surface area contributed by atoms with Gasteiger partial charge in [-0.3, -0.25) is 38.9 Å². The van der Waals surface area contributed by atoms with E-state index >= 15 is 4.79 Å². The maximum atomic E-state index is 15.2. The van der Waals surface area contributed by atoms with E-state index in [2.05, 4.69) is 21.3 Å². The van der Waals surface area contributed by atoms with E-state index in [4.69, 9.17) is 60.0 Å². The van der Waals surface area contributed by atoms with Crippen molar-refractivity contribution in [2.24, 2.45) is 29.4 Å². The predicted molar refractivity (Wildman–Crippen MR) is 458 cm³/mol. The van der Waals surface area contributed by atoms with Crippen LogP contribution in [0.5, 0.6) is 5.75 Å².